The summed E-state index contributed by atoms with van der Waals surface area (Å²) in [6, 6.07) is 0. The Morgan fingerprint density at radius 3 is 0.625 bits per heavy atom. The van der Waals surface area contributed by atoms with Gasteiger partial charge in [0, 0.05) is 6.15 Å². The summed E-state index contributed by atoms with van der Waals surface area (Å²) in [6.45, 7) is 0. The monoisotopic (exact) mass is 218 g/mol. The first-order valence-electron chi connectivity index (χ1n) is 1.13. The van der Waals surface area contributed by atoms with Gasteiger partial charge in [-0.25, -0.2) is 0 Å². The Morgan fingerprint density at radius 1 is 0.625 bits per heavy atom. The van der Waals surface area contributed by atoms with E-state index in [9.17, 15) is 15.8 Å². The molecule has 0 saturated heterocycles. The largest absolute Gasteiger partial charge is 0 e. The van der Waals surface area contributed by atoms with Crippen molar-refractivity contribution in [3.05, 3.63) is 0 Å². The van der Waals surface area contributed by atoms with Crippen LogP contribution in [0.15, 0.2) is 0 Å². The van der Waals surface area contributed by atoms with Crippen molar-refractivity contribution in [2.45, 2.75) is 0 Å². The third-order valence-electron chi connectivity index (χ3n) is 0. The Hall–Kier alpha value is 0.423. The molecule has 0 fully saturated rings. The number of halogens is 6. The Morgan fingerprint density at radius 2 is 0.625 bits per heavy atom. The molecular formula is F6NZr. The summed E-state index contributed by atoms with van der Waals surface area (Å²) in [5.41, 5.74) is 0. The van der Waals surface area contributed by atoms with Gasteiger partial charge in [-0.15, -0.1) is 0 Å². The predicted molar refractivity (Wildman–Crippen MR) is 8.78 cm³/mol. The normalized spacial score (nSPS) is 20.2. The predicted octanol–water partition coefficient (Wildman–Crippen LogP) is 2.04. The molecule has 0 unspecified atom stereocenters. The molecule has 1 nitrogen and oxygen atoms in total. The molecule has 0 aromatic carbocycles. The Labute approximate surface area is 43.4 Å². The zero-order valence-electron chi connectivity index (χ0n) is 3.22. The first-order chi connectivity index (χ1) is 2.45. The summed E-state index contributed by atoms with van der Waals surface area (Å²) in [5.74, 6) is 0. The van der Waals surface area contributed by atoms with Crippen molar-refractivity contribution >= 4 is 0 Å². The maximum absolute atomic E-state index is 11.3. The van der Waals surface area contributed by atoms with Gasteiger partial charge >= 0.3 is 36.7 Å². The van der Waals surface area contributed by atoms with Gasteiger partial charge in [0.15, 0.2) is 0 Å². The summed E-state index contributed by atoms with van der Waals surface area (Å²) in [4.78, 5) is 0. The van der Waals surface area contributed by atoms with Crippen LogP contribution in [0, 0.1) is 0 Å². The molecule has 0 aromatic heterocycles. The van der Waals surface area contributed by atoms with Gasteiger partial charge in [-0.1, -0.05) is 0 Å². The first kappa shape index (κ1) is 11.3. The third-order valence-corrected chi connectivity index (χ3v) is 0. The Kier molecular flexibility index (Phi) is 1.81. The summed E-state index contributed by atoms with van der Waals surface area (Å²) < 4.78 is 59.6. The number of rotatable bonds is 0. The second-order valence-electron chi connectivity index (χ2n) is 1.07. The van der Waals surface area contributed by atoms with Crippen LogP contribution >= 0.6 is 0 Å². The minimum atomic E-state index is -11.3. The third kappa shape index (κ3) is 1060. The maximum Gasteiger partial charge on any atom is 0 e. The van der Waals surface area contributed by atoms with Crippen molar-refractivity contribution < 1.29 is 36.7 Å². The molecule has 8 heteroatoms. The van der Waals surface area contributed by atoms with Gasteiger partial charge in [-0.2, -0.15) is 0 Å². The quantitative estimate of drug-likeness (QED) is 0.558. The molecule has 0 saturated carbocycles. The Bertz CT molecular complexity index is 67.1. The molecule has 8 heavy (non-hydrogen) atoms. The van der Waals surface area contributed by atoms with E-state index in [-0.39, 0.29) is 6.15 Å². The molecular weight excluding hydrogens is 219 g/mol. The molecule has 0 bridgehead atoms. The summed E-state index contributed by atoms with van der Waals surface area (Å²) in [7, 11) is 0. The van der Waals surface area contributed by atoms with Gasteiger partial charge in [0.25, 0.3) is 0 Å². The SMILES string of the molecule is [F][Zr]([F])([F])([F])([F])[F].[N]. The summed E-state index contributed by atoms with van der Waals surface area (Å²) in [5, 5.41) is 0. The molecule has 0 aromatic rings. The van der Waals surface area contributed by atoms with Gasteiger partial charge in [-0.05, 0) is 0 Å². The van der Waals surface area contributed by atoms with E-state index in [1.54, 1.807) is 0 Å². The van der Waals surface area contributed by atoms with Crippen molar-refractivity contribution in [3.8, 4) is 0 Å². The van der Waals surface area contributed by atoms with Crippen LogP contribution in [0.4, 0.5) is 15.8 Å². The maximum atomic E-state index is 9.93. The summed E-state index contributed by atoms with van der Waals surface area (Å²) >= 11 is -11.3. The van der Waals surface area contributed by atoms with Crippen LogP contribution in [0.1, 0.15) is 0 Å². The minimum absolute atomic E-state index is 0. The van der Waals surface area contributed by atoms with Crippen LogP contribution in [0.3, 0.4) is 0 Å². The van der Waals surface area contributed by atoms with Gasteiger partial charge in [0.05, 0.1) is 0 Å². The molecule has 0 N–H and O–H groups in total. The molecule has 0 aliphatic rings. The van der Waals surface area contributed by atoms with E-state index in [4.69, 9.17) is 0 Å². The molecule has 0 atom stereocenters. The van der Waals surface area contributed by atoms with E-state index in [0.717, 1.165) is 0 Å². The van der Waals surface area contributed by atoms with E-state index < -0.39 is 21.0 Å². The van der Waals surface area contributed by atoms with Crippen LogP contribution in [-0.4, -0.2) is 0 Å². The van der Waals surface area contributed by atoms with Crippen molar-refractivity contribution in [2.24, 2.45) is 0 Å². The van der Waals surface area contributed by atoms with Crippen LogP contribution in [-0.2, 0) is 21.0 Å². The fraction of sp³-hybridized carbons (Fsp3) is 0. The minimum Gasteiger partial charge on any atom is 0 e. The second kappa shape index (κ2) is 1.29. The van der Waals surface area contributed by atoms with Crippen LogP contribution in [0.2, 0.25) is 0 Å². The molecule has 0 aliphatic heterocycles. The van der Waals surface area contributed by atoms with Crippen molar-refractivity contribution in [1.29, 1.82) is 0 Å². The van der Waals surface area contributed by atoms with E-state index in [0.29, 0.717) is 0 Å². The molecule has 0 heterocycles. The number of hydrogen-bond acceptors (Lipinski definition) is 0. The average molecular weight is 219 g/mol. The number of nitrogens with zero attached hydrogens (tertiary/aromatic N) is 1. The zero-order valence-corrected chi connectivity index (χ0v) is 5.67. The zero-order chi connectivity index (χ0) is 6.41. The fourth-order valence-electron chi connectivity index (χ4n) is 0. The first-order valence-corrected chi connectivity index (χ1v) is 6.71. The van der Waals surface area contributed by atoms with Crippen molar-refractivity contribution in [2.75, 3.05) is 0 Å². The average Bonchev–Trinajstić information content (AvgIpc) is 0.592. The van der Waals surface area contributed by atoms with Crippen LogP contribution < -0.4 is 6.15 Å². The van der Waals surface area contributed by atoms with Gasteiger partial charge in [0.2, 0.25) is 0 Å². The Balaban J connectivity index is 0. The number of hydrogen-bond donors (Lipinski definition) is 0. The van der Waals surface area contributed by atoms with E-state index >= 15 is 0 Å². The van der Waals surface area contributed by atoms with Crippen molar-refractivity contribution in [3.63, 3.8) is 0 Å². The standard InChI is InChI=1S/6FH.N.Zr/h6*1H;;/q;;;;;;;+6/p-6. The van der Waals surface area contributed by atoms with Crippen LogP contribution in [0.25, 0.3) is 0 Å². The molecule has 51 valence electrons. The van der Waals surface area contributed by atoms with Crippen molar-refractivity contribution in [1.82, 2.24) is 6.15 Å². The molecule has 0 rings (SSSR count). The molecule has 0 aliphatic carbocycles. The van der Waals surface area contributed by atoms with Gasteiger partial charge < -0.3 is 0 Å². The van der Waals surface area contributed by atoms with E-state index in [1.165, 1.54) is 0 Å². The molecule has 3 radical (unpaired) electrons. The fourth-order valence-corrected chi connectivity index (χ4v) is 0. The van der Waals surface area contributed by atoms with E-state index in [2.05, 4.69) is 0 Å². The second-order valence-corrected chi connectivity index (χ2v) is 6.34. The smallest absolute Gasteiger partial charge is 0 e. The van der Waals surface area contributed by atoms with E-state index in [1.807, 2.05) is 0 Å². The molecule has 0 spiro atoms. The summed E-state index contributed by atoms with van der Waals surface area (Å²) in [6.07, 6.45) is 0. The topological polar surface area (TPSA) is 30.5 Å². The molecule has 0 amide bonds. The van der Waals surface area contributed by atoms with Crippen LogP contribution in [0.5, 0.6) is 0 Å². The van der Waals surface area contributed by atoms with Gasteiger partial charge in [0.1, 0.15) is 0 Å². The van der Waals surface area contributed by atoms with Gasteiger partial charge in [-0.3, -0.25) is 0 Å².